The van der Waals surface area contributed by atoms with Gasteiger partial charge in [-0.2, -0.15) is 0 Å². The highest BCUT2D eigenvalue weighted by Crippen LogP contribution is 2.16. The Labute approximate surface area is 103 Å². The molecule has 3 rings (SSSR count). The van der Waals surface area contributed by atoms with E-state index in [1.807, 2.05) is 0 Å². The van der Waals surface area contributed by atoms with E-state index in [0.29, 0.717) is 11.1 Å². The quantitative estimate of drug-likeness (QED) is 0.730. The first-order valence-corrected chi connectivity index (χ1v) is 5.23. The normalized spacial score (nSPS) is 23.4. The highest BCUT2D eigenvalue weighted by molar-refractivity contribution is 5.93. The number of carbonyl (C=O) groups is 2. The molecule has 2 aliphatic heterocycles. The average Bonchev–Trinajstić information content (AvgIpc) is 2.41. The van der Waals surface area contributed by atoms with Gasteiger partial charge in [0.05, 0.1) is 11.1 Å². The molecule has 0 radical (unpaired) electrons. The van der Waals surface area contributed by atoms with Gasteiger partial charge in [0.2, 0.25) is 0 Å². The van der Waals surface area contributed by atoms with E-state index >= 15 is 0 Å². The van der Waals surface area contributed by atoms with Crippen molar-refractivity contribution in [3.63, 3.8) is 0 Å². The molecular weight excluding hydrogens is 240 g/mol. The van der Waals surface area contributed by atoms with E-state index < -0.39 is 24.5 Å². The van der Waals surface area contributed by atoms with Crippen LogP contribution in [0, 0.1) is 0 Å². The summed E-state index contributed by atoms with van der Waals surface area (Å²) in [5.41, 5.74) is 0.649. The van der Waals surface area contributed by atoms with Crippen LogP contribution in [0.5, 0.6) is 0 Å². The van der Waals surface area contributed by atoms with Crippen LogP contribution in [-0.4, -0.2) is 38.7 Å². The summed E-state index contributed by atoms with van der Waals surface area (Å²) in [5, 5.41) is 0. The van der Waals surface area contributed by atoms with Gasteiger partial charge in [0.15, 0.2) is 0 Å². The zero-order valence-corrected chi connectivity index (χ0v) is 9.91. The summed E-state index contributed by atoms with van der Waals surface area (Å²) in [4.78, 5) is 23.5. The van der Waals surface area contributed by atoms with Crippen LogP contribution in [-0.2, 0) is 18.9 Å². The minimum Gasteiger partial charge on any atom is -0.425 e. The first kappa shape index (κ1) is 12.5. The van der Waals surface area contributed by atoms with Crippen LogP contribution in [0.4, 0.5) is 0 Å². The zero-order chi connectivity index (χ0) is 13.1. The van der Waals surface area contributed by atoms with Gasteiger partial charge in [-0.1, -0.05) is 0 Å². The van der Waals surface area contributed by atoms with E-state index in [-0.39, 0.29) is 0 Å². The predicted molar refractivity (Wildman–Crippen MR) is 58.9 cm³/mol. The fourth-order valence-electron chi connectivity index (χ4n) is 1.52. The molecule has 2 aliphatic rings. The molecule has 2 unspecified atom stereocenters. The van der Waals surface area contributed by atoms with Crippen molar-refractivity contribution < 1.29 is 28.5 Å². The molecule has 2 bridgehead atoms. The topological polar surface area (TPSA) is 71.1 Å². The van der Waals surface area contributed by atoms with Crippen molar-refractivity contribution in [2.75, 3.05) is 14.2 Å². The van der Waals surface area contributed by atoms with Gasteiger partial charge in [0.25, 0.3) is 12.6 Å². The van der Waals surface area contributed by atoms with E-state index in [4.69, 9.17) is 18.9 Å². The molecule has 96 valence electrons. The summed E-state index contributed by atoms with van der Waals surface area (Å²) in [6.07, 6.45) is -2.22. The molecule has 0 spiro atoms. The molecule has 1 aromatic rings. The van der Waals surface area contributed by atoms with Crippen molar-refractivity contribution in [3.8, 4) is 0 Å². The van der Waals surface area contributed by atoms with Gasteiger partial charge in [0.1, 0.15) is 0 Å². The predicted octanol–water partition coefficient (Wildman–Crippen LogP) is 0.959. The Morgan fingerprint density at radius 2 is 1.17 bits per heavy atom. The third-order valence-corrected chi connectivity index (χ3v) is 2.49. The molecular formula is C12H12O6. The molecule has 0 fully saturated rings. The molecule has 2 atom stereocenters. The summed E-state index contributed by atoms with van der Waals surface area (Å²) >= 11 is 0. The van der Waals surface area contributed by atoms with Crippen molar-refractivity contribution >= 4 is 11.9 Å². The Hall–Kier alpha value is -1.92. The second-order valence-electron chi connectivity index (χ2n) is 3.60. The molecule has 6 nitrogen and oxygen atoms in total. The first-order chi connectivity index (χ1) is 8.65. The summed E-state index contributed by atoms with van der Waals surface area (Å²) in [6, 6.07) is 5.94. The van der Waals surface area contributed by atoms with Crippen LogP contribution >= 0.6 is 0 Å². The van der Waals surface area contributed by atoms with E-state index in [9.17, 15) is 9.59 Å². The van der Waals surface area contributed by atoms with Crippen molar-refractivity contribution in [3.05, 3.63) is 35.4 Å². The zero-order valence-electron chi connectivity index (χ0n) is 9.91. The van der Waals surface area contributed by atoms with Crippen molar-refractivity contribution in [1.82, 2.24) is 0 Å². The van der Waals surface area contributed by atoms with Gasteiger partial charge >= 0.3 is 11.9 Å². The molecule has 0 saturated heterocycles. The van der Waals surface area contributed by atoms with E-state index in [1.54, 1.807) is 0 Å². The summed E-state index contributed by atoms with van der Waals surface area (Å²) in [7, 11) is 2.65. The second kappa shape index (κ2) is 5.16. The molecule has 18 heavy (non-hydrogen) atoms. The van der Waals surface area contributed by atoms with Gasteiger partial charge < -0.3 is 18.9 Å². The lowest BCUT2D eigenvalue weighted by atomic mass is 10.1. The number of ether oxygens (including phenoxy) is 4. The maximum absolute atomic E-state index is 11.8. The smallest absolute Gasteiger partial charge is 0.340 e. The number of esters is 2. The summed E-state index contributed by atoms with van der Waals surface area (Å²) < 4.78 is 20.0. The van der Waals surface area contributed by atoms with Gasteiger partial charge in [-0.25, -0.2) is 9.59 Å². The number of fused-ring (bicyclic) bond motifs is 7. The molecule has 0 aliphatic carbocycles. The summed E-state index contributed by atoms with van der Waals surface area (Å²) in [6.45, 7) is 0. The minimum absolute atomic E-state index is 0.324. The Morgan fingerprint density at radius 3 is 1.44 bits per heavy atom. The molecule has 6 heteroatoms. The van der Waals surface area contributed by atoms with Crippen molar-refractivity contribution in [1.29, 1.82) is 0 Å². The Balaban J connectivity index is 2.38. The maximum atomic E-state index is 11.8. The largest absolute Gasteiger partial charge is 0.425 e. The standard InChI is InChI=1S/C12H12O6/c1-15-11-12(16-2)18-10(14)8-5-3-7(4-6-8)9(13)17-11/h3-6,11-12H,1-2H3. The lowest BCUT2D eigenvalue weighted by Gasteiger charge is -2.25. The number of hydrogen-bond donors (Lipinski definition) is 0. The number of methoxy groups -OCH3 is 2. The minimum atomic E-state index is -1.11. The number of carbonyl (C=O) groups excluding carboxylic acids is 2. The fraction of sp³-hybridized carbons (Fsp3) is 0.333. The molecule has 2 heterocycles. The van der Waals surface area contributed by atoms with Gasteiger partial charge in [-0.3, -0.25) is 0 Å². The number of benzene rings is 1. The molecule has 1 aromatic carbocycles. The van der Waals surface area contributed by atoms with Crippen LogP contribution in [0.3, 0.4) is 0 Å². The van der Waals surface area contributed by atoms with Gasteiger partial charge in [-0.05, 0) is 24.3 Å². The SMILES string of the molecule is COC1OC(=O)c2ccc(cc2)C(=O)OC1OC. The molecule has 0 saturated carbocycles. The van der Waals surface area contributed by atoms with Gasteiger partial charge in [-0.15, -0.1) is 0 Å². The van der Waals surface area contributed by atoms with Crippen LogP contribution in [0.25, 0.3) is 0 Å². The third-order valence-electron chi connectivity index (χ3n) is 2.49. The van der Waals surface area contributed by atoms with Crippen LogP contribution < -0.4 is 0 Å². The average molecular weight is 252 g/mol. The highest BCUT2D eigenvalue weighted by Gasteiger charge is 2.31. The van der Waals surface area contributed by atoms with E-state index in [0.717, 1.165) is 0 Å². The Morgan fingerprint density at radius 1 is 0.833 bits per heavy atom. The lowest BCUT2D eigenvalue weighted by Crippen LogP contribution is -2.38. The van der Waals surface area contributed by atoms with Crippen molar-refractivity contribution in [2.24, 2.45) is 0 Å². The summed E-state index contributed by atoms with van der Waals surface area (Å²) in [5.74, 6) is -1.15. The van der Waals surface area contributed by atoms with Gasteiger partial charge in [0, 0.05) is 14.2 Å². The Kier molecular flexibility index (Phi) is 3.59. The molecule has 0 aromatic heterocycles. The van der Waals surface area contributed by atoms with E-state index in [1.165, 1.54) is 38.5 Å². The van der Waals surface area contributed by atoms with Crippen molar-refractivity contribution in [2.45, 2.75) is 12.6 Å². The monoisotopic (exact) mass is 252 g/mol. The second-order valence-corrected chi connectivity index (χ2v) is 3.60. The van der Waals surface area contributed by atoms with Crippen LogP contribution in [0.15, 0.2) is 24.3 Å². The number of rotatable bonds is 2. The van der Waals surface area contributed by atoms with E-state index in [2.05, 4.69) is 0 Å². The van der Waals surface area contributed by atoms with Crippen LogP contribution in [0.1, 0.15) is 20.7 Å². The Bertz CT molecular complexity index is 409. The highest BCUT2D eigenvalue weighted by atomic mass is 16.8. The maximum Gasteiger partial charge on any atom is 0.340 e. The van der Waals surface area contributed by atoms with Crippen LogP contribution in [0.2, 0.25) is 0 Å². The third kappa shape index (κ3) is 2.34. The first-order valence-electron chi connectivity index (χ1n) is 5.23. The number of hydrogen-bond acceptors (Lipinski definition) is 6. The molecule has 0 N–H and O–H groups in total. The fourth-order valence-corrected chi connectivity index (χ4v) is 1.52. The molecule has 0 amide bonds. The lowest BCUT2D eigenvalue weighted by molar-refractivity contribution is -0.232.